The van der Waals surface area contributed by atoms with Crippen molar-refractivity contribution in [2.24, 2.45) is 5.73 Å². The third kappa shape index (κ3) is 7.43. The maximum atomic E-state index is 10.2. The molecule has 0 heterocycles. The molecule has 0 spiro atoms. The Morgan fingerprint density at radius 2 is 2.30 bits per heavy atom. The third-order valence-electron chi connectivity index (χ3n) is 1.11. The average Bonchev–Trinajstić information content (AvgIpc) is 1.79. The first kappa shape index (κ1) is 9.43. The van der Waals surface area contributed by atoms with Crippen LogP contribution in [0, 0.1) is 0 Å². The fraction of sp³-hybridized carbons (Fsp3) is 0.857. The molecule has 1 unspecified atom stereocenters. The highest BCUT2D eigenvalue weighted by atomic mass is 16.5. The fourth-order valence-electron chi connectivity index (χ4n) is 0.621. The lowest BCUT2D eigenvalue weighted by molar-refractivity contribution is -0.141. The molecule has 0 fully saturated rings. The Bertz CT molecular complexity index is 102. The van der Waals surface area contributed by atoms with Crippen LogP contribution < -0.4 is 5.73 Å². The quantitative estimate of drug-likeness (QED) is 0.467. The second-order valence-electron chi connectivity index (χ2n) is 2.46. The Morgan fingerprint density at radius 1 is 1.70 bits per heavy atom. The van der Waals surface area contributed by atoms with Crippen molar-refractivity contribution in [3.63, 3.8) is 0 Å². The van der Waals surface area contributed by atoms with Crippen LogP contribution in [-0.4, -0.2) is 18.6 Å². The van der Waals surface area contributed by atoms with E-state index >= 15 is 0 Å². The van der Waals surface area contributed by atoms with Crippen LogP contribution in [0.5, 0.6) is 0 Å². The summed E-state index contributed by atoms with van der Waals surface area (Å²) in [5.41, 5.74) is 5.47. The highest BCUT2D eigenvalue weighted by Crippen LogP contribution is 1.93. The van der Waals surface area contributed by atoms with Gasteiger partial charge in [0.1, 0.15) is 0 Å². The van der Waals surface area contributed by atoms with Gasteiger partial charge in [-0.05, 0) is 19.8 Å². The number of hydrogen-bond acceptors (Lipinski definition) is 3. The molecule has 0 saturated carbocycles. The maximum absolute atomic E-state index is 10.2. The normalized spacial score (nSPS) is 12.7. The Kier molecular flexibility index (Phi) is 4.94. The van der Waals surface area contributed by atoms with Crippen molar-refractivity contribution in [1.82, 2.24) is 0 Å². The van der Waals surface area contributed by atoms with Gasteiger partial charge in [0, 0.05) is 13.0 Å². The molecule has 0 amide bonds. The maximum Gasteiger partial charge on any atom is 0.302 e. The van der Waals surface area contributed by atoms with E-state index in [1.54, 1.807) is 0 Å². The predicted octanol–water partition coefficient (Wildman–Crippen LogP) is 0.677. The van der Waals surface area contributed by atoms with Crippen LogP contribution in [-0.2, 0) is 9.53 Å². The molecule has 10 heavy (non-hydrogen) atoms. The van der Waals surface area contributed by atoms with Gasteiger partial charge in [0.25, 0.3) is 0 Å². The summed E-state index contributed by atoms with van der Waals surface area (Å²) in [6, 6.07) is 0.204. The van der Waals surface area contributed by atoms with Crippen molar-refractivity contribution in [1.29, 1.82) is 0 Å². The summed E-state index contributed by atoms with van der Waals surface area (Å²) in [5.74, 6) is -0.218. The molecule has 0 aromatic heterocycles. The number of esters is 1. The molecule has 0 aromatic rings. The van der Waals surface area contributed by atoms with Crippen LogP contribution >= 0.6 is 0 Å². The zero-order valence-corrected chi connectivity index (χ0v) is 6.59. The van der Waals surface area contributed by atoms with Crippen LogP contribution in [0.3, 0.4) is 0 Å². The van der Waals surface area contributed by atoms with E-state index in [4.69, 9.17) is 10.5 Å². The van der Waals surface area contributed by atoms with Crippen LogP contribution in [0.2, 0.25) is 0 Å². The minimum atomic E-state index is -0.218. The number of rotatable bonds is 4. The summed E-state index contributed by atoms with van der Waals surface area (Å²) in [6.07, 6.45) is 1.77. The average molecular weight is 145 g/mol. The molecule has 0 saturated heterocycles. The summed E-state index contributed by atoms with van der Waals surface area (Å²) in [5, 5.41) is 0. The molecule has 0 radical (unpaired) electrons. The smallest absolute Gasteiger partial charge is 0.302 e. The van der Waals surface area contributed by atoms with Gasteiger partial charge in [0.2, 0.25) is 0 Å². The lowest BCUT2D eigenvalue weighted by atomic mass is 10.2. The van der Waals surface area contributed by atoms with E-state index in [-0.39, 0.29) is 12.0 Å². The summed E-state index contributed by atoms with van der Waals surface area (Å²) in [7, 11) is 0. The third-order valence-corrected chi connectivity index (χ3v) is 1.11. The minimum absolute atomic E-state index is 0.204. The standard InChI is InChI=1S/C7H15NO2/c1-6(8)4-3-5-10-7(2)9/h6H,3-5,8H2,1-2H3. The highest BCUT2D eigenvalue weighted by molar-refractivity contribution is 5.65. The van der Waals surface area contributed by atoms with Crippen LogP contribution in [0.4, 0.5) is 0 Å². The Morgan fingerprint density at radius 3 is 2.70 bits per heavy atom. The SMILES string of the molecule is CC(=O)OCCCC(C)N. The van der Waals surface area contributed by atoms with Gasteiger partial charge < -0.3 is 10.5 Å². The van der Waals surface area contributed by atoms with E-state index < -0.39 is 0 Å². The molecule has 0 aliphatic carbocycles. The lowest BCUT2D eigenvalue weighted by Gasteiger charge is -2.03. The van der Waals surface area contributed by atoms with Gasteiger partial charge in [0.05, 0.1) is 6.61 Å². The second kappa shape index (κ2) is 5.23. The Hall–Kier alpha value is -0.570. The Balaban J connectivity index is 2.98. The molecule has 3 nitrogen and oxygen atoms in total. The Labute approximate surface area is 61.5 Å². The van der Waals surface area contributed by atoms with Gasteiger partial charge in [-0.15, -0.1) is 0 Å². The van der Waals surface area contributed by atoms with Crippen molar-refractivity contribution in [3.8, 4) is 0 Å². The molecule has 0 aromatic carbocycles. The van der Waals surface area contributed by atoms with Gasteiger partial charge in [-0.2, -0.15) is 0 Å². The number of hydrogen-bond donors (Lipinski definition) is 1. The predicted molar refractivity (Wildman–Crippen MR) is 39.5 cm³/mol. The van der Waals surface area contributed by atoms with E-state index in [0.29, 0.717) is 6.61 Å². The van der Waals surface area contributed by atoms with E-state index in [1.165, 1.54) is 6.92 Å². The lowest BCUT2D eigenvalue weighted by Crippen LogP contribution is -2.15. The molecular weight excluding hydrogens is 130 g/mol. The van der Waals surface area contributed by atoms with Crippen LogP contribution in [0.25, 0.3) is 0 Å². The number of nitrogens with two attached hydrogens (primary N) is 1. The molecular formula is C7H15NO2. The van der Waals surface area contributed by atoms with Gasteiger partial charge >= 0.3 is 5.97 Å². The zero-order valence-electron chi connectivity index (χ0n) is 6.59. The van der Waals surface area contributed by atoms with Gasteiger partial charge in [-0.3, -0.25) is 4.79 Å². The topological polar surface area (TPSA) is 52.3 Å². The minimum Gasteiger partial charge on any atom is -0.466 e. The summed E-state index contributed by atoms with van der Waals surface area (Å²) in [4.78, 5) is 10.2. The largest absolute Gasteiger partial charge is 0.466 e. The van der Waals surface area contributed by atoms with Gasteiger partial charge in [0.15, 0.2) is 0 Å². The molecule has 2 N–H and O–H groups in total. The van der Waals surface area contributed by atoms with E-state index in [2.05, 4.69) is 0 Å². The van der Waals surface area contributed by atoms with Crippen molar-refractivity contribution < 1.29 is 9.53 Å². The molecule has 0 aliphatic heterocycles. The van der Waals surface area contributed by atoms with Crippen LogP contribution in [0.15, 0.2) is 0 Å². The van der Waals surface area contributed by atoms with E-state index in [1.807, 2.05) is 6.92 Å². The van der Waals surface area contributed by atoms with Crippen molar-refractivity contribution >= 4 is 5.97 Å². The number of carbonyl (C=O) groups is 1. The second-order valence-corrected chi connectivity index (χ2v) is 2.46. The summed E-state index contributed by atoms with van der Waals surface area (Å²) < 4.78 is 4.70. The molecule has 1 atom stereocenters. The van der Waals surface area contributed by atoms with Gasteiger partial charge in [-0.25, -0.2) is 0 Å². The first-order valence-electron chi connectivity index (χ1n) is 3.52. The van der Waals surface area contributed by atoms with E-state index in [0.717, 1.165) is 12.8 Å². The van der Waals surface area contributed by atoms with Gasteiger partial charge in [-0.1, -0.05) is 0 Å². The highest BCUT2D eigenvalue weighted by Gasteiger charge is 1.95. The first-order chi connectivity index (χ1) is 4.63. The number of ether oxygens (including phenoxy) is 1. The monoisotopic (exact) mass is 145 g/mol. The van der Waals surface area contributed by atoms with Crippen LogP contribution in [0.1, 0.15) is 26.7 Å². The first-order valence-corrected chi connectivity index (χ1v) is 3.52. The van der Waals surface area contributed by atoms with Crippen molar-refractivity contribution in [2.45, 2.75) is 32.7 Å². The molecule has 0 aliphatic rings. The summed E-state index contributed by atoms with van der Waals surface area (Å²) in [6.45, 7) is 3.84. The van der Waals surface area contributed by atoms with E-state index in [9.17, 15) is 4.79 Å². The molecule has 0 rings (SSSR count). The van der Waals surface area contributed by atoms with Crippen molar-refractivity contribution in [3.05, 3.63) is 0 Å². The summed E-state index contributed by atoms with van der Waals surface area (Å²) >= 11 is 0. The molecule has 0 bridgehead atoms. The fourth-order valence-corrected chi connectivity index (χ4v) is 0.621. The molecule has 3 heteroatoms. The molecule has 60 valence electrons. The number of carbonyl (C=O) groups excluding carboxylic acids is 1. The zero-order chi connectivity index (χ0) is 7.98. The van der Waals surface area contributed by atoms with Crippen molar-refractivity contribution in [2.75, 3.05) is 6.61 Å².